The van der Waals surface area contributed by atoms with Crippen molar-refractivity contribution in [3.8, 4) is 11.3 Å². The summed E-state index contributed by atoms with van der Waals surface area (Å²) in [5.41, 5.74) is 11.3. The summed E-state index contributed by atoms with van der Waals surface area (Å²) < 4.78 is 15.1. The van der Waals surface area contributed by atoms with Crippen molar-refractivity contribution in [2.45, 2.75) is 0 Å². The number of fused-ring (bicyclic) bond motifs is 1. The molecule has 0 saturated carbocycles. The van der Waals surface area contributed by atoms with Crippen LogP contribution in [0.4, 0.5) is 4.39 Å². The second-order valence-electron chi connectivity index (χ2n) is 6.27. The number of nitrogens with one attached hydrogen (secondary N) is 1. The molecule has 0 unspecified atom stereocenters. The quantitative estimate of drug-likeness (QED) is 0.466. The largest absolute Gasteiger partial charge is 0.398 e. The Labute approximate surface area is 166 Å². The Morgan fingerprint density at radius 2 is 1.68 bits per heavy atom. The van der Waals surface area contributed by atoms with Gasteiger partial charge in [-0.05, 0) is 54.1 Å². The number of aromatic nitrogens is 2. The zero-order chi connectivity index (χ0) is 19.7. The normalized spacial score (nSPS) is 12.1. The maximum Gasteiger partial charge on any atom is 0.137 e. The molecule has 4 nitrogen and oxygen atoms in total. The van der Waals surface area contributed by atoms with Crippen molar-refractivity contribution in [3.63, 3.8) is 0 Å². The number of hydrogen-bond acceptors (Lipinski definition) is 3. The van der Waals surface area contributed by atoms with E-state index in [0.717, 1.165) is 22.5 Å². The lowest BCUT2D eigenvalue weighted by molar-refractivity contribution is 0.627. The van der Waals surface area contributed by atoms with Crippen molar-refractivity contribution in [1.82, 2.24) is 9.38 Å². The maximum atomic E-state index is 13.2. The Kier molecular flexibility index (Phi) is 4.67. The van der Waals surface area contributed by atoms with Crippen molar-refractivity contribution in [1.29, 1.82) is 5.41 Å². The van der Waals surface area contributed by atoms with E-state index in [1.54, 1.807) is 18.3 Å². The molecule has 0 atom stereocenters. The van der Waals surface area contributed by atoms with Crippen molar-refractivity contribution in [3.05, 3.63) is 95.0 Å². The van der Waals surface area contributed by atoms with E-state index in [4.69, 9.17) is 22.7 Å². The van der Waals surface area contributed by atoms with Crippen LogP contribution < -0.4 is 5.73 Å². The van der Waals surface area contributed by atoms with Crippen LogP contribution in [0.5, 0.6) is 0 Å². The summed E-state index contributed by atoms with van der Waals surface area (Å²) in [7, 11) is 0. The first-order valence-corrected chi connectivity index (χ1v) is 8.94. The van der Waals surface area contributed by atoms with Crippen LogP contribution in [0, 0.1) is 11.2 Å². The summed E-state index contributed by atoms with van der Waals surface area (Å²) in [6.45, 7) is 0. The number of nitrogens with two attached hydrogens (primary N) is 1. The summed E-state index contributed by atoms with van der Waals surface area (Å²) in [4.78, 5) is 4.44. The smallest absolute Gasteiger partial charge is 0.137 e. The number of rotatable bonds is 4. The molecule has 4 rings (SSSR count). The summed E-state index contributed by atoms with van der Waals surface area (Å²) in [5.74, 6) is -0.333. The summed E-state index contributed by atoms with van der Waals surface area (Å²) in [6.07, 6.45) is 4.89. The monoisotopic (exact) mass is 390 g/mol. The number of allylic oxidation sites excluding steroid dienone is 1. The van der Waals surface area contributed by atoms with E-state index < -0.39 is 0 Å². The molecule has 0 saturated heterocycles. The van der Waals surface area contributed by atoms with Gasteiger partial charge in [-0.15, -0.1) is 0 Å². The molecule has 4 aromatic rings. The Bertz CT molecular complexity index is 1190. The second kappa shape index (κ2) is 7.29. The summed E-state index contributed by atoms with van der Waals surface area (Å²) >= 11 is 5.99. The van der Waals surface area contributed by atoms with E-state index in [1.807, 2.05) is 47.0 Å². The van der Waals surface area contributed by atoms with Gasteiger partial charge in [0.2, 0.25) is 0 Å². The molecule has 6 heteroatoms. The van der Waals surface area contributed by atoms with E-state index in [2.05, 4.69) is 4.98 Å². The van der Waals surface area contributed by atoms with Gasteiger partial charge in [-0.25, -0.2) is 9.37 Å². The van der Waals surface area contributed by atoms with Crippen LogP contribution >= 0.6 is 11.6 Å². The molecule has 0 bridgehead atoms. The fourth-order valence-corrected chi connectivity index (χ4v) is 3.20. The van der Waals surface area contributed by atoms with Gasteiger partial charge in [0.1, 0.15) is 11.5 Å². The third-order valence-corrected chi connectivity index (χ3v) is 4.80. The van der Waals surface area contributed by atoms with Gasteiger partial charge < -0.3 is 11.1 Å². The lowest BCUT2D eigenvalue weighted by Crippen LogP contribution is -2.03. The van der Waals surface area contributed by atoms with Crippen LogP contribution in [0.2, 0.25) is 5.02 Å². The highest BCUT2D eigenvalue weighted by Crippen LogP contribution is 2.26. The molecule has 2 aromatic carbocycles. The molecule has 0 spiro atoms. The van der Waals surface area contributed by atoms with Crippen LogP contribution in [0.15, 0.2) is 73.1 Å². The van der Waals surface area contributed by atoms with Gasteiger partial charge in [0.25, 0.3) is 0 Å². The van der Waals surface area contributed by atoms with E-state index in [-0.39, 0.29) is 5.82 Å². The van der Waals surface area contributed by atoms with Gasteiger partial charge in [0, 0.05) is 39.8 Å². The molecule has 28 heavy (non-hydrogen) atoms. The number of benzene rings is 2. The minimum absolute atomic E-state index is 0.333. The third-order valence-electron chi connectivity index (χ3n) is 4.55. The molecule has 0 aliphatic carbocycles. The Balaban J connectivity index is 1.85. The molecular formula is C22H16ClFN4. The molecular weight excluding hydrogens is 375 g/mol. The Hall–Kier alpha value is -3.44. The van der Waals surface area contributed by atoms with Gasteiger partial charge in [0.05, 0.1) is 11.9 Å². The highest BCUT2D eigenvalue weighted by molar-refractivity contribution is 6.30. The minimum atomic E-state index is -0.333. The minimum Gasteiger partial charge on any atom is -0.398 e. The van der Waals surface area contributed by atoms with Crippen molar-refractivity contribution >= 4 is 34.7 Å². The number of imidazole rings is 1. The summed E-state index contributed by atoms with van der Waals surface area (Å²) in [6, 6.07) is 17.2. The molecule has 0 amide bonds. The van der Waals surface area contributed by atoms with Crippen molar-refractivity contribution < 1.29 is 4.39 Å². The Morgan fingerprint density at radius 1 is 1.00 bits per heavy atom. The maximum absolute atomic E-state index is 13.2. The second-order valence-corrected chi connectivity index (χ2v) is 6.71. The first kappa shape index (κ1) is 17.9. The molecule has 0 aliphatic rings. The van der Waals surface area contributed by atoms with E-state index >= 15 is 0 Å². The molecule has 2 aromatic heterocycles. The fourth-order valence-electron chi connectivity index (χ4n) is 3.08. The van der Waals surface area contributed by atoms with Crippen LogP contribution in [-0.2, 0) is 0 Å². The molecule has 0 fully saturated rings. The molecule has 2 heterocycles. The SMILES string of the molecule is N=CC(=C(N)c1ccc(F)cc1)c1ccc2ncc(-c3ccc(Cl)cc3)n2c1. The zero-order valence-corrected chi connectivity index (χ0v) is 15.5. The highest BCUT2D eigenvalue weighted by atomic mass is 35.5. The van der Waals surface area contributed by atoms with E-state index in [0.29, 0.717) is 21.9 Å². The number of nitrogens with zero attached hydrogens (tertiary/aromatic N) is 2. The Morgan fingerprint density at radius 3 is 2.36 bits per heavy atom. The van der Waals surface area contributed by atoms with Gasteiger partial charge >= 0.3 is 0 Å². The molecule has 138 valence electrons. The van der Waals surface area contributed by atoms with Crippen molar-refractivity contribution in [2.24, 2.45) is 5.73 Å². The average molecular weight is 391 g/mol. The van der Waals surface area contributed by atoms with Crippen LogP contribution in [0.3, 0.4) is 0 Å². The molecule has 0 radical (unpaired) electrons. The third kappa shape index (κ3) is 3.28. The van der Waals surface area contributed by atoms with Gasteiger partial charge in [-0.1, -0.05) is 23.7 Å². The van der Waals surface area contributed by atoms with Crippen LogP contribution in [-0.4, -0.2) is 15.6 Å². The predicted octanol–water partition coefficient (Wildman–Crippen LogP) is 5.27. The lowest BCUT2D eigenvalue weighted by atomic mass is 10.0. The van der Waals surface area contributed by atoms with Crippen LogP contribution in [0.25, 0.3) is 28.2 Å². The number of hydrogen-bond donors (Lipinski definition) is 2. The number of pyridine rings is 1. The van der Waals surface area contributed by atoms with E-state index in [1.165, 1.54) is 18.3 Å². The first-order valence-electron chi connectivity index (χ1n) is 8.56. The van der Waals surface area contributed by atoms with Gasteiger partial charge in [-0.2, -0.15) is 0 Å². The molecule has 0 aliphatic heterocycles. The lowest BCUT2D eigenvalue weighted by Gasteiger charge is -2.10. The topological polar surface area (TPSA) is 67.2 Å². The van der Waals surface area contributed by atoms with Crippen molar-refractivity contribution in [2.75, 3.05) is 0 Å². The molecule has 3 N–H and O–H groups in total. The highest BCUT2D eigenvalue weighted by Gasteiger charge is 2.11. The predicted molar refractivity (Wildman–Crippen MR) is 112 cm³/mol. The average Bonchev–Trinajstić information content (AvgIpc) is 3.13. The van der Waals surface area contributed by atoms with Gasteiger partial charge in [0.15, 0.2) is 0 Å². The fraction of sp³-hybridized carbons (Fsp3) is 0. The zero-order valence-electron chi connectivity index (χ0n) is 14.7. The van der Waals surface area contributed by atoms with Gasteiger partial charge in [-0.3, -0.25) is 4.40 Å². The number of halogens is 2. The van der Waals surface area contributed by atoms with Crippen LogP contribution in [0.1, 0.15) is 11.1 Å². The first-order chi connectivity index (χ1) is 13.6. The summed E-state index contributed by atoms with van der Waals surface area (Å²) in [5, 5.41) is 8.52. The van der Waals surface area contributed by atoms with E-state index in [9.17, 15) is 4.39 Å². The standard InChI is InChI=1S/C22H16ClFN4/c23-17-6-1-14(2-7-17)20-12-27-21-10-5-16(13-28(20)21)19(11-25)22(26)15-3-8-18(24)9-4-15/h1-13,25H,26H2.